The molecule has 1 aliphatic heterocycles. The van der Waals surface area contributed by atoms with Crippen molar-refractivity contribution < 1.29 is 19.7 Å². The molecule has 8 heteroatoms. The van der Waals surface area contributed by atoms with Gasteiger partial charge in [-0.05, 0) is 13.8 Å². The number of aromatic nitrogens is 2. The Morgan fingerprint density at radius 2 is 2.20 bits per heavy atom. The van der Waals surface area contributed by atoms with E-state index in [9.17, 15) is 15.0 Å². The number of anilines is 1. The highest BCUT2D eigenvalue weighted by Crippen LogP contribution is 2.28. The van der Waals surface area contributed by atoms with Crippen molar-refractivity contribution in [3.8, 4) is 0 Å². The van der Waals surface area contributed by atoms with E-state index in [1.807, 2.05) is 6.92 Å². The van der Waals surface area contributed by atoms with Crippen LogP contribution in [0.4, 0.5) is 5.82 Å². The molecule has 1 saturated heterocycles. The average Bonchev–Trinajstić information content (AvgIpc) is 2.68. The SMILES string of the molecule is CCOC[C@H]1O[C@@H](n2cc(C)c(N)nc2=O)[C@H](O)[C@@H]1O. The van der Waals surface area contributed by atoms with E-state index < -0.39 is 30.2 Å². The van der Waals surface area contributed by atoms with Crippen molar-refractivity contribution in [1.29, 1.82) is 0 Å². The molecule has 0 unspecified atom stereocenters. The first-order valence-corrected chi connectivity index (χ1v) is 6.40. The third-order valence-electron chi connectivity index (χ3n) is 3.27. The second-order valence-corrected chi connectivity index (χ2v) is 4.70. The Bertz CT molecular complexity index is 532. The zero-order chi connectivity index (χ0) is 14.9. The topological polar surface area (TPSA) is 120 Å². The molecule has 4 N–H and O–H groups in total. The second kappa shape index (κ2) is 5.88. The summed E-state index contributed by atoms with van der Waals surface area (Å²) in [6.45, 7) is 4.11. The van der Waals surface area contributed by atoms with Gasteiger partial charge < -0.3 is 25.4 Å². The highest BCUT2D eigenvalue weighted by molar-refractivity contribution is 5.35. The lowest BCUT2D eigenvalue weighted by Crippen LogP contribution is -2.36. The van der Waals surface area contributed by atoms with Crippen molar-refractivity contribution in [2.24, 2.45) is 0 Å². The van der Waals surface area contributed by atoms with E-state index in [0.29, 0.717) is 12.2 Å². The summed E-state index contributed by atoms with van der Waals surface area (Å²) in [4.78, 5) is 15.5. The molecule has 0 spiro atoms. The Labute approximate surface area is 115 Å². The maximum absolute atomic E-state index is 11.8. The molecule has 0 saturated carbocycles. The van der Waals surface area contributed by atoms with Gasteiger partial charge in [-0.15, -0.1) is 0 Å². The predicted octanol–water partition coefficient (Wildman–Crippen LogP) is -1.21. The first kappa shape index (κ1) is 14.9. The smallest absolute Gasteiger partial charge is 0.351 e. The van der Waals surface area contributed by atoms with Crippen molar-refractivity contribution in [2.75, 3.05) is 18.9 Å². The standard InChI is InChI=1S/C12H19N3O5/c1-3-19-5-7-8(16)9(17)11(20-7)15-4-6(2)10(13)14-12(15)18/h4,7-9,11,16-17H,3,5H2,1-2H3,(H2,13,14,18)/t7-,8-,9-,11-/m1/s1. The number of rotatable bonds is 4. The molecule has 4 atom stereocenters. The molecular weight excluding hydrogens is 266 g/mol. The Hall–Kier alpha value is -1.48. The molecule has 112 valence electrons. The van der Waals surface area contributed by atoms with Crippen LogP contribution in [-0.2, 0) is 9.47 Å². The van der Waals surface area contributed by atoms with Gasteiger partial charge in [0.15, 0.2) is 6.23 Å². The minimum Gasteiger partial charge on any atom is -0.387 e. The average molecular weight is 285 g/mol. The van der Waals surface area contributed by atoms with Crippen LogP contribution in [-0.4, -0.2) is 51.3 Å². The van der Waals surface area contributed by atoms with Crippen LogP contribution in [0.5, 0.6) is 0 Å². The molecule has 0 aromatic carbocycles. The molecule has 1 aromatic rings. The second-order valence-electron chi connectivity index (χ2n) is 4.70. The first-order chi connectivity index (χ1) is 9.45. The highest BCUT2D eigenvalue weighted by Gasteiger charge is 2.44. The maximum atomic E-state index is 11.8. The molecule has 0 amide bonds. The zero-order valence-corrected chi connectivity index (χ0v) is 11.4. The fourth-order valence-corrected chi connectivity index (χ4v) is 2.09. The lowest BCUT2D eigenvalue weighted by Gasteiger charge is -2.17. The summed E-state index contributed by atoms with van der Waals surface area (Å²) in [5.74, 6) is 0.130. The number of hydrogen-bond donors (Lipinski definition) is 3. The largest absolute Gasteiger partial charge is 0.387 e. The summed E-state index contributed by atoms with van der Waals surface area (Å²) in [6.07, 6.45) is -2.61. The van der Waals surface area contributed by atoms with Crippen molar-refractivity contribution >= 4 is 5.82 Å². The summed E-state index contributed by atoms with van der Waals surface area (Å²) in [6, 6.07) is 0. The molecule has 0 aliphatic carbocycles. The normalized spacial score (nSPS) is 29.8. The Morgan fingerprint density at radius 3 is 2.85 bits per heavy atom. The van der Waals surface area contributed by atoms with Gasteiger partial charge in [0.05, 0.1) is 6.61 Å². The molecule has 20 heavy (non-hydrogen) atoms. The highest BCUT2D eigenvalue weighted by atomic mass is 16.6. The monoisotopic (exact) mass is 285 g/mol. The first-order valence-electron chi connectivity index (χ1n) is 6.40. The van der Waals surface area contributed by atoms with E-state index in [0.717, 1.165) is 4.57 Å². The van der Waals surface area contributed by atoms with Gasteiger partial charge in [0.25, 0.3) is 0 Å². The molecule has 1 aliphatic rings. The Kier molecular flexibility index (Phi) is 4.39. The van der Waals surface area contributed by atoms with Crippen LogP contribution in [0, 0.1) is 6.92 Å². The van der Waals surface area contributed by atoms with Crippen molar-refractivity contribution in [3.63, 3.8) is 0 Å². The third-order valence-corrected chi connectivity index (χ3v) is 3.27. The number of aliphatic hydroxyl groups excluding tert-OH is 2. The minimum atomic E-state index is -1.23. The number of nitrogen functional groups attached to an aromatic ring is 1. The van der Waals surface area contributed by atoms with Crippen molar-refractivity contribution in [1.82, 2.24) is 9.55 Å². The molecule has 2 rings (SSSR count). The van der Waals surface area contributed by atoms with Gasteiger partial charge >= 0.3 is 5.69 Å². The molecule has 8 nitrogen and oxygen atoms in total. The predicted molar refractivity (Wildman–Crippen MR) is 70.1 cm³/mol. The van der Waals surface area contributed by atoms with Crippen molar-refractivity contribution in [2.45, 2.75) is 38.4 Å². The van der Waals surface area contributed by atoms with Crippen LogP contribution < -0.4 is 11.4 Å². The third kappa shape index (κ3) is 2.68. The van der Waals surface area contributed by atoms with Crippen LogP contribution in [0.3, 0.4) is 0 Å². The van der Waals surface area contributed by atoms with Gasteiger partial charge in [-0.2, -0.15) is 4.98 Å². The van der Waals surface area contributed by atoms with Gasteiger partial charge in [0.2, 0.25) is 0 Å². The summed E-state index contributed by atoms with van der Waals surface area (Å²) >= 11 is 0. The molecule has 0 radical (unpaired) electrons. The van der Waals surface area contributed by atoms with Crippen LogP contribution in [0.1, 0.15) is 18.7 Å². The fourth-order valence-electron chi connectivity index (χ4n) is 2.09. The summed E-state index contributed by atoms with van der Waals surface area (Å²) in [7, 11) is 0. The summed E-state index contributed by atoms with van der Waals surface area (Å²) in [5, 5.41) is 19.9. The lowest BCUT2D eigenvalue weighted by atomic mass is 10.1. The number of ether oxygens (including phenoxy) is 2. The van der Waals surface area contributed by atoms with Gasteiger partial charge in [0.1, 0.15) is 24.1 Å². The van der Waals surface area contributed by atoms with Gasteiger partial charge in [-0.1, -0.05) is 0 Å². The van der Waals surface area contributed by atoms with Crippen molar-refractivity contribution in [3.05, 3.63) is 22.2 Å². The van der Waals surface area contributed by atoms with Crippen LogP contribution in [0.2, 0.25) is 0 Å². The van der Waals surface area contributed by atoms with Crippen LogP contribution >= 0.6 is 0 Å². The van der Waals surface area contributed by atoms with E-state index in [1.165, 1.54) is 6.20 Å². The Balaban J connectivity index is 2.25. The van der Waals surface area contributed by atoms with E-state index in [4.69, 9.17) is 15.2 Å². The van der Waals surface area contributed by atoms with E-state index in [2.05, 4.69) is 4.98 Å². The van der Waals surface area contributed by atoms with Crippen LogP contribution in [0.25, 0.3) is 0 Å². The number of hydrogen-bond acceptors (Lipinski definition) is 7. The molecular formula is C12H19N3O5. The minimum absolute atomic E-state index is 0.130. The molecule has 1 fully saturated rings. The van der Waals surface area contributed by atoms with Crippen LogP contribution in [0.15, 0.2) is 11.0 Å². The number of aryl methyl sites for hydroxylation is 1. The van der Waals surface area contributed by atoms with Gasteiger partial charge in [-0.3, -0.25) is 4.57 Å². The van der Waals surface area contributed by atoms with Gasteiger partial charge in [0, 0.05) is 18.4 Å². The number of nitrogens with two attached hydrogens (primary N) is 1. The number of nitrogens with zero attached hydrogens (tertiary/aromatic N) is 2. The quantitative estimate of drug-likeness (QED) is 0.635. The zero-order valence-electron chi connectivity index (χ0n) is 11.4. The molecule has 0 bridgehead atoms. The summed E-state index contributed by atoms with van der Waals surface area (Å²) < 4.78 is 11.8. The van der Waals surface area contributed by atoms with Gasteiger partial charge in [-0.25, -0.2) is 4.79 Å². The van der Waals surface area contributed by atoms with E-state index in [-0.39, 0.29) is 12.4 Å². The summed E-state index contributed by atoms with van der Waals surface area (Å²) in [5.41, 5.74) is 5.49. The molecule has 2 heterocycles. The maximum Gasteiger partial charge on any atom is 0.351 e. The van der Waals surface area contributed by atoms with E-state index in [1.54, 1.807) is 6.92 Å². The van der Waals surface area contributed by atoms with E-state index >= 15 is 0 Å². The fraction of sp³-hybridized carbons (Fsp3) is 0.667. The lowest BCUT2D eigenvalue weighted by molar-refractivity contribution is -0.0669. The molecule has 1 aromatic heterocycles. The number of aliphatic hydroxyl groups is 2. The Morgan fingerprint density at radius 1 is 1.50 bits per heavy atom.